The van der Waals surface area contributed by atoms with E-state index < -0.39 is 10.0 Å². The molecule has 0 saturated carbocycles. The van der Waals surface area contributed by atoms with Gasteiger partial charge in [-0.25, -0.2) is 13.1 Å². The Morgan fingerprint density at radius 1 is 1.06 bits per heavy atom. The van der Waals surface area contributed by atoms with Gasteiger partial charge in [-0.1, -0.05) is 18.2 Å². The average molecular weight is 442 g/mol. The summed E-state index contributed by atoms with van der Waals surface area (Å²) < 4.78 is 33.2. The number of carbonyl (C=O) groups excluding carboxylic acids is 1. The Hall–Kier alpha value is -3.08. The fourth-order valence-electron chi connectivity index (χ4n) is 3.49. The molecule has 1 aliphatic heterocycles. The number of nitrogens with zero attached hydrogens (tertiary/aromatic N) is 3. The predicted octanol–water partition coefficient (Wildman–Crippen LogP) is 0.884. The summed E-state index contributed by atoms with van der Waals surface area (Å²) in [5.74, 6) is -0.366. The number of ether oxygens (including phenoxy) is 1. The first-order chi connectivity index (χ1) is 14.9. The zero-order valence-corrected chi connectivity index (χ0v) is 17.8. The Morgan fingerprint density at radius 2 is 1.71 bits per heavy atom. The molecule has 31 heavy (non-hydrogen) atoms. The number of morpholine rings is 1. The van der Waals surface area contributed by atoms with Gasteiger partial charge in [-0.05, 0) is 30.3 Å². The van der Waals surface area contributed by atoms with Crippen LogP contribution in [-0.2, 0) is 28.4 Å². The first kappa shape index (κ1) is 21.2. The zero-order chi connectivity index (χ0) is 22.0. The van der Waals surface area contributed by atoms with Gasteiger partial charge in [-0.3, -0.25) is 9.59 Å². The van der Waals surface area contributed by atoms with Crippen LogP contribution in [0.1, 0.15) is 16.1 Å². The molecule has 4 rings (SSSR count). The molecule has 162 valence electrons. The lowest BCUT2D eigenvalue weighted by Crippen LogP contribution is -2.40. The molecule has 3 aromatic rings. The Bertz CT molecular complexity index is 1280. The summed E-state index contributed by atoms with van der Waals surface area (Å²) in [7, 11) is -2.05. The lowest BCUT2D eigenvalue weighted by molar-refractivity contribution is 0.0730. The van der Waals surface area contributed by atoms with E-state index in [1.54, 1.807) is 25.2 Å². The monoisotopic (exact) mass is 442 g/mol. The van der Waals surface area contributed by atoms with Crippen LogP contribution in [0, 0.1) is 0 Å². The van der Waals surface area contributed by atoms with Crippen molar-refractivity contribution in [3.05, 3.63) is 70.1 Å². The lowest BCUT2D eigenvalue weighted by atomic mass is 10.1. The first-order valence-corrected chi connectivity index (χ1v) is 11.2. The van der Waals surface area contributed by atoms with E-state index in [0.29, 0.717) is 48.3 Å². The van der Waals surface area contributed by atoms with E-state index in [4.69, 9.17) is 4.74 Å². The van der Waals surface area contributed by atoms with Crippen molar-refractivity contribution >= 4 is 26.7 Å². The summed E-state index contributed by atoms with van der Waals surface area (Å²) in [5, 5.41) is 8.25. The molecule has 10 heteroatoms. The molecule has 1 aliphatic rings. The van der Waals surface area contributed by atoms with Gasteiger partial charge >= 0.3 is 0 Å². The third-order valence-corrected chi connectivity index (χ3v) is 7.09. The highest BCUT2D eigenvalue weighted by molar-refractivity contribution is 7.89. The highest BCUT2D eigenvalue weighted by atomic mass is 32.2. The van der Waals surface area contributed by atoms with E-state index in [0.717, 1.165) is 0 Å². The summed E-state index contributed by atoms with van der Waals surface area (Å²) in [5.41, 5.74) is 0.690. The minimum atomic E-state index is -3.61. The Balaban J connectivity index is 1.49. The minimum Gasteiger partial charge on any atom is -0.379 e. The van der Waals surface area contributed by atoms with Gasteiger partial charge in [0.1, 0.15) is 0 Å². The Kier molecular flexibility index (Phi) is 5.86. The fraction of sp³-hybridized carbons (Fsp3) is 0.286. The Morgan fingerprint density at radius 3 is 2.39 bits per heavy atom. The number of fused-ring (bicyclic) bond motifs is 1. The number of amides is 1. The van der Waals surface area contributed by atoms with Crippen molar-refractivity contribution in [2.75, 3.05) is 26.3 Å². The van der Waals surface area contributed by atoms with Crippen molar-refractivity contribution in [1.29, 1.82) is 0 Å². The van der Waals surface area contributed by atoms with Gasteiger partial charge in [-0.15, -0.1) is 0 Å². The molecular weight excluding hydrogens is 420 g/mol. The molecule has 0 unspecified atom stereocenters. The van der Waals surface area contributed by atoms with Crippen LogP contribution < -0.4 is 10.9 Å². The van der Waals surface area contributed by atoms with Crippen LogP contribution in [0.4, 0.5) is 0 Å². The molecule has 0 aliphatic carbocycles. The van der Waals surface area contributed by atoms with Crippen molar-refractivity contribution in [2.45, 2.75) is 11.4 Å². The van der Waals surface area contributed by atoms with Crippen molar-refractivity contribution in [3.8, 4) is 0 Å². The number of aromatic nitrogens is 2. The number of hydrogen-bond donors (Lipinski definition) is 1. The Labute approximate surface area is 179 Å². The van der Waals surface area contributed by atoms with Gasteiger partial charge in [-0.2, -0.15) is 9.40 Å². The standard InChI is InChI=1S/C21H22N4O5S/c1-24-21(27)18-5-3-2-4-17(18)19(23-24)14-22-20(26)15-6-8-16(9-7-15)31(28,29)25-10-12-30-13-11-25/h2-9H,10-14H2,1H3,(H,22,26). The molecule has 9 nitrogen and oxygen atoms in total. The summed E-state index contributed by atoms with van der Waals surface area (Å²) >= 11 is 0. The van der Waals surface area contributed by atoms with Gasteiger partial charge in [0.15, 0.2) is 0 Å². The first-order valence-electron chi connectivity index (χ1n) is 9.79. The van der Waals surface area contributed by atoms with Crippen molar-refractivity contribution in [1.82, 2.24) is 19.4 Å². The number of benzene rings is 2. The van der Waals surface area contributed by atoms with Gasteiger partial charge in [0.05, 0.1) is 35.7 Å². The van der Waals surface area contributed by atoms with Crippen molar-refractivity contribution in [3.63, 3.8) is 0 Å². The number of aryl methyl sites for hydroxylation is 1. The highest BCUT2D eigenvalue weighted by Crippen LogP contribution is 2.18. The van der Waals surface area contributed by atoms with Crippen LogP contribution >= 0.6 is 0 Å². The van der Waals surface area contributed by atoms with Gasteiger partial charge in [0.25, 0.3) is 11.5 Å². The van der Waals surface area contributed by atoms with Crippen molar-refractivity contribution in [2.24, 2.45) is 7.05 Å². The van der Waals surface area contributed by atoms with E-state index >= 15 is 0 Å². The number of carbonyl (C=O) groups is 1. The van der Waals surface area contributed by atoms with Crippen molar-refractivity contribution < 1.29 is 17.9 Å². The number of nitrogens with one attached hydrogen (secondary N) is 1. The molecule has 1 saturated heterocycles. The third-order valence-electron chi connectivity index (χ3n) is 5.17. The minimum absolute atomic E-state index is 0.126. The van der Waals surface area contributed by atoms with Gasteiger partial charge in [0.2, 0.25) is 10.0 Å². The van der Waals surface area contributed by atoms with Crippen LogP contribution in [0.15, 0.2) is 58.2 Å². The topological polar surface area (TPSA) is 111 Å². The molecule has 0 atom stereocenters. The third kappa shape index (κ3) is 4.22. The molecular formula is C21H22N4O5S. The average Bonchev–Trinajstić information content (AvgIpc) is 2.81. The molecule has 1 amide bonds. The molecule has 2 aromatic carbocycles. The highest BCUT2D eigenvalue weighted by Gasteiger charge is 2.26. The van der Waals surface area contributed by atoms with Crippen LogP contribution in [0.25, 0.3) is 10.8 Å². The van der Waals surface area contributed by atoms with Crippen LogP contribution in [0.2, 0.25) is 0 Å². The van der Waals surface area contributed by atoms with Gasteiger partial charge < -0.3 is 10.1 Å². The van der Waals surface area contributed by atoms with E-state index in [1.165, 1.54) is 33.3 Å². The summed E-state index contributed by atoms with van der Waals surface area (Å²) in [4.78, 5) is 24.9. The normalized spacial score (nSPS) is 15.1. The van der Waals surface area contributed by atoms with E-state index in [-0.39, 0.29) is 22.9 Å². The maximum absolute atomic E-state index is 12.7. The number of sulfonamides is 1. The van der Waals surface area contributed by atoms with Crippen LogP contribution in [0.5, 0.6) is 0 Å². The SMILES string of the molecule is Cn1nc(CNC(=O)c2ccc(S(=O)(=O)N3CCOCC3)cc2)c2ccccc2c1=O. The van der Waals surface area contributed by atoms with Crippen LogP contribution in [0.3, 0.4) is 0 Å². The molecule has 0 bridgehead atoms. The molecule has 0 radical (unpaired) electrons. The summed E-state index contributed by atoms with van der Waals surface area (Å²) in [6, 6.07) is 12.9. The quantitative estimate of drug-likeness (QED) is 0.628. The maximum atomic E-state index is 12.7. The molecule has 1 aromatic heterocycles. The second-order valence-corrected chi connectivity index (χ2v) is 9.08. The van der Waals surface area contributed by atoms with E-state index in [1.807, 2.05) is 6.07 Å². The number of hydrogen-bond acceptors (Lipinski definition) is 6. The lowest BCUT2D eigenvalue weighted by Gasteiger charge is -2.26. The smallest absolute Gasteiger partial charge is 0.274 e. The second kappa shape index (κ2) is 8.58. The molecule has 1 N–H and O–H groups in total. The summed E-state index contributed by atoms with van der Waals surface area (Å²) in [6.45, 7) is 1.48. The van der Waals surface area contributed by atoms with E-state index in [9.17, 15) is 18.0 Å². The molecule has 1 fully saturated rings. The zero-order valence-electron chi connectivity index (χ0n) is 16.9. The van der Waals surface area contributed by atoms with Gasteiger partial charge in [0, 0.05) is 31.1 Å². The maximum Gasteiger partial charge on any atom is 0.274 e. The molecule has 2 heterocycles. The second-order valence-electron chi connectivity index (χ2n) is 7.14. The van der Waals surface area contributed by atoms with Crippen LogP contribution in [-0.4, -0.2) is 54.7 Å². The fourth-order valence-corrected chi connectivity index (χ4v) is 4.89. The van der Waals surface area contributed by atoms with E-state index in [2.05, 4.69) is 10.4 Å². The largest absolute Gasteiger partial charge is 0.379 e. The predicted molar refractivity (Wildman–Crippen MR) is 114 cm³/mol. The number of rotatable bonds is 5. The molecule has 0 spiro atoms. The summed E-state index contributed by atoms with van der Waals surface area (Å²) in [6.07, 6.45) is 0.